The lowest BCUT2D eigenvalue weighted by Crippen LogP contribution is -2.57. The zero-order valence-corrected chi connectivity index (χ0v) is 9.52. The Hall–Kier alpha value is -1.79. The van der Waals surface area contributed by atoms with Crippen LogP contribution in [0.2, 0.25) is 0 Å². The maximum Gasteiger partial charge on any atom is 0.338 e. The van der Waals surface area contributed by atoms with Gasteiger partial charge in [0.05, 0.1) is 19.6 Å². The van der Waals surface area contributed by atoms with Crippen molar-refractivity contribution in [2.75, 3.05) is 27.7 Å². The van der Waals surface area contributed by atoms with Gasteiger partial charge in [-0.25, -0.2) is 9.80 Å². The van der Waals surface area contributed by atoms with E-state index >= 15 is 0 Å². The average molecular weight is 229 g/mol. The van der Waals surface area contributed by atoms with Crippen molar-refractivity contribution in [3.8, 4) is 0 Å². The van der Waals surface area contributed by atoms with Gasteiger partial charge in [0.25, 0.3) is 0 Å². The minimum Gasteiger partial charge on any atom is -0.469 e. The van der Waals surface area contributed by atoms with Gasteiger partial charge in [-0.3, -0.25) is 15.0 Å². The molecular weight excluding hydrogens is 214 g/mol. The standard InChI is InChI=1S/C9H15N3O4/c1-11(2)9(15)12-5-6(8(14)16-3)4-7(13)10-12/h6H,4-5H2,1-3H3,(H,10,13). The molecule has 1 N–H and O–H groups in total. The second kappa shape index (κ2) is 4.82. The molecule has 0 bridgehead atoms. The topological polar surface area (TPSA) is 79.0 Å². The monoisotopic (exact) mass is 229 g/mol. The predicted octanol–water partition coefficient (Wildman–Crippen LogP) is -0.806. The fraction of sp³-hybridized carbons (Fsp3) is 0.667. The van der Waals surface area contributed by atoms with Crippen LogP contribution < -0.4 is 5.43 Å². The molecular formula is C9H15N3O4. The van der Waals surface area contributed by atoms with Crippen molar-refractivity contribution in [2.24, 2.45) is 5.92 Å². The molecule has 0 aromatic carbocycles. The van der Waals surface area contributed by atoms with Crippen molar-refractivity contribution in [3.63, 3.8) is 0 Å². The Labute approximate surface area is 93.3 Å². The fourth-order valence-corrected chi connectivity index (χ4v) is 1.44. The number of rotatable bonds is 1. The zero-order chi connectivity index (χ0) is 12.3. The number of carbonyl (C=O) groups excluding carboxylic acids is 3. The number of hydrogen-bond acceptors (Lipinski definition) is 4. The van der Waals surface area contributed by atoms with Crippen molar-refractivity contribution >= 4 is 17.9 Å². The zero-order valence-electron chi connectivity index (χ0n) is 9.52. The van der Waals surface area contributed by atoms with E-state index in [0.717, 1.165) is 5.01 Å². The summed E-state index contributed by atoms with van der Waals surface area (Å²) in [5.41, 5.74) is 2.40. The van der Waals surface area contributed by atoms with E-state index in [1.165, 1.54) is 12.0 Å². The Morgan fingerprint density at radius 3 is 2.62 bits per heavy atom. The highest BCUT2D eigenvalue weighted by Gasteiger charge is 2.33. The van der Waals surface area contributed by atoms with Gasteiger partial charge in [-0.2, -0.15) is 0 Å². The van der Waals surface area contributed by atoms with Crippen molar-refractivity contribution in [1.82, 2.24) is 15.3 Å². The number of methoxy groups -OCH3 is 1. The number of esters is 1. The van der Waals surface area contributed by atoms with Crippen LogP contribution in [0.1, 0.15) is 6.42 Å². The van der Waals surface area contributed by atoms with Crippen LogP contribution in [-0.2, 0) is 14.3 Å². The molecule has 7 nitrogen and oxygen atoms in total. The van der Waals surface area contributed by atoms with Gasteiger partial charge >= 0.3 is 12.0 Å². The number of ether oxygens (including phenoxy) is 1. The Balaban J connectivity index is 2.71. The van der Waals surface area contributed by atoms with E-state index in [2.05, 4.69) is 10.2 Å². The lowest BCUT2D eigenvalue weighted by Gasteiger charge is -2.32. The number of amides is 3. The van der Waals surface area contributed by atoms with E-state index in [0.29, 0.717) is 0 Å². The molecule has 1 saturated heterocycles. The lowest BCUT2D eigenvalue weighted by molar-refractivity contribution is -0.151. The van der Waals surface area contributed by atoms with Crippen LogP contribution in [0.4, 0.5) is 4.79 Å². The molecule has 1 atom stereocenters. The fourth-order valence-electron chi connectivity index (χ4n) is 1.44. The largest absolute Gasteiger partial charge is 0.469 e. The predicted molar refractivity (Wildman–Crippen MR) is 54.1 cm³/mol. The molecule has 0 spiro atoms. The van der Waals surface area contributed by atoms with Crippen LogP contribution in [0.5, 0.6) is 0 Å². The third-order valence-electron chi connectivity index (χ3n) is 2.24. The molecule has 16 heavy (non-hydrogen) atoms. The summed E-state index contributed by atoms with van der Waals surface area (Å²) in [6.45, 7) is 0.134. The van der Waals surface area contributed by atoms with Crippen LogP contribution in [0.3, 0.4) is 0 Å². The van der Waals surface area contributed by atoms with Crippen molar-refractivity contribution in [3.05, 3.63) is 0 Å². The maximum absolute atomic E-state index is 11.6. The van der Waals surface area contributed by atoms with Crippen LogP contribution in [-0.4, -0.2) is 55.6 Å². The third kappa shape index (κ3) is 2.62. The Kier molecular flexibility index (Phi) is 3.70. The molecule has 0 aromatic heterocycles. The molecule has 1 aliphatic rings. The van der Waals surface area contributed by atoms with E-state index in [9.17, 15) is 14.4 Å². The van der Waals surface area contributed by atoms with Crippen LogP contribution in [0.25, 0.3) is 0 Å². The summed E-state index contributed by atoms with van der Waals surface area (Å²) in [5.74, 6) is -1.44. The van der Waals surface area contributed by atoms with E-state index in [4.69, 9.17) is 0 Å². The summed E-state index contributed by atoms with van der Waals surface area (Å²) >= 11 is 0. The molecule has 1 fully saturated rings. The highest BCUT2D eigenvalue weighted by Crippen LogP contribution is 2.13. The van der Waals surface area contributed by atoms with Gasteiger partial charge in [0.15, 0.2) is 0 Å². The van der Waals surface area contributed by atoms with E-state index in [1.807, 2.05) is 0 Å². The summed E-state index contributed by atoms with van der Waals surface area (Å²) in [6, 6.07) is -0.373. The molecule has 0 aromatic rings. The summed E-state index contributed by atoms with van der Waals surface area (Å²) in [4.78, 5) is 35.5. The molecule has 1 unspecified atom stereocenters. The van der Waals surface area contributed by atoms with Gasteiger partial charge < -0.3 is 9.64 Å². The van der Waals surface area contributed by atoms with Crippen LogP contribution in [0.15, 0.2) is 0 Å². The Morgan fingerprint density at radius 2 is 2.12 bits per heavy atom. The first-order valence-electron chi connectivity index (χ1n) is 4.81. The highest BCUT2D eigenvalue weighted by molar-refractivity contribution is 5.87. The quantitative estimate of drug-likeness (QED) is 0.597. The molecule has 90 valence electrons. The third-order valence-corrected chi connectivity index (χ3v) is 2.24. The average Bonchev–Trinajstić information content (AvgIpc) is 2.25. The van der Waals surface area contributed by atoms with Crippen molar-refractivity contribution < 1.29 is 19.1 Å². The number of carbonyl (C=O) groups is 3. The lowest BCUT2D eigenvalue weighted by atomic mass is 10.0. The Morgan fingerprint density at radius 1 is 1.50 bits per heavy atom. The van der Waals surface area contributed by atoms with Gasteiger partial charge in [0.2, 0.25) is 5.91 Å². The van der Waals surface area contributed by atoms with Crippen molar-refractivity contribution in [2.45, 2.75) is 6.42 Å². The molecule has 1 aliphatic heterocycles. The van der Waals surface area contributed by atoms with Crippen molar-refractivity contribution in [1.29, 1.82) is 0 Å². The second-order valence-corrected chi connectivity index (χ2v) is 3.75. The number of urea groups is 1. The maximum atomic E-state index is 11.6. The first kappa shape index (κ1) is 12.3. The summed E-state index contributed by atoms with van der Waals surface area (Å²) in [5, 5.41) is 1.12. The molecule has 3 amide bonds. The van der Waals surface area contributed by atoms with Crippen LogP contribution >= 0.6 is 0 Å². The molecule has 1 rings (SSSR count). The highest BCUT2D eigenvalue weighted by atomic mass is 16.5. The smallest absolute Gasteiger partial charge is 0.338 e. The summed E-state index contributed by atoms with van der Waals surface area (Å²) in [6.07, 6.45) is 0.0455. The summed E-state index contributed by atoms with van der Waals surface area (Å²) in [7, 11) is 4.39. The summed E-state index contributed by atoms with van der Waals surface area (Å²) < 4.78 is 4.56. The molecule has 7 heteroatoms. The first-order valence-corrected chi connectivity index (χ1v) is 4.81. The second-order valence-electron chi connectivity index (χ2n) is 3.75. The minimum atomic E-state index is -0.595. The van der Waals surface area contributed by atoms with Gasteiger partial charge in [-0.1, -0.05) is 0 Å². The van der Waals surface area contributed by atoms with E-state index in [1.54, 1.807) is 14.1 Å². The van der Waals surface area contributed by atoms with Gasteiger partial charge in [-0.05, 0) is 0 Å². The number of hydrazine groups is 1. The van der Waals surface area contributed by atoms with E-state index in [-0.39, 0.29) is 24.9 Å². The first-order chi connectivity index (χ1) is 7.45. The van der Waals surface area contributed by atoms with E-state index < -0.39 is 11.9 Å². The number of nitrogens with one attached hydrogen (secondary N) is 1. The van der Waals surface area contributed by atoms with Gasteiger partial charge in [0, 0.05) is 20.5 Å². The Bertz CT molecular complexity index is 316. The normalized spacial score (nSPS) is 20.1. The molecule has 1 heterocycles. The number of hydrogen-bond donors (Lipinski definition) is 1. The molecule has 0 radical (unpaired) electrons. The molecule has 0 saturated carbocycles. The van der Waals surface area contributed by atoms with Crippen LogP contribution in [0, 0.1) is 5.92 Å². The molecule has 0 aliphatic carbocycles. The van der Waals surface area contributed by atoms with Gasteiger partial charge in [0.1, 0.15) is 0 Å². The SMILES string of the molecule is COC(=O)C1CC(=O)NN(C(=O)N(C)C)C1. The number of nitrogens with zero attached hydrogens (tertiary/aromatic N) is 2. The minimum absolute atomic E-state index is 0.0455. The van der Waals surface area contributed by atoms with Gasteiger partial charge in [-0.15, -0.1) is 0 Å².